The molecule has 1 aromatic carbocycles. The first kappa shape index (κ1) is 17.4. The molecule has 6 heteroatoms. The van der Waals surface area contributed by atoms with Gasteiger partial charge in [0.1, 0.15) is 0 Å². The molecular weight excluding hydrogens is 314 g/mol. The predicted molar refractivity (Wildman–Crippen MR) is 91.7 cm³/mol. The van der Waals surface area contributed by atoms with Gasteiger partial charge < -0.3 is 9.47 Å². The van der Waals surface area contributed by atoms with Crippen LogP contribution < -0.4 is 9.47 Å². The van der Waals surface area contributed by atoms with Crippen molar-refractivity contribution in [1.29, 1.82) is 0 Å². The van der Waals surface area contributed by atoms with Gasteiger partial charge in [0, 0.05) is 6.04 Å². The topological polar surface area (TPSA) is 55.8 Å². The van der Waals surface area contributed by atoms with Crippen LogP contribution in [0, 0.1) is 0 Å². The maximum atomic E-state index is 12.4. The third-order valence-electron chi connectivity index (χ3n) is 3.64. The zero-order valence-electron chi connectivity index (χ0n) is 13.8. The van der Waals surface area contributed by atoms with Gasteiger partial charge in [-0.15, -0.1) is 0 Å². The summed E-state index contributed by atoms with van der Waals surface area (Å²) in [5.41, 5.74) is 0.792. The molecule has 0 bridgehead atoms. The summed E-state index contributed by atoms with van der Waals surface area (Å²) in [6.45, 7) is 6.27. The number of ether oxygens (including phenoxy) is 2. The van der Waals surface area contributed by atoms with Crippen molar-refractivity contribution in [2.45, 2.75) is 33.2 Å². The average Bonchev–Trinajstić information content (AvgIpc) is 2.82. The minimum atomic E-state index is -0.234. The SMILES string of the molecule is CCOc1ccc(/C=C2/SC(=O)N([C@@H](C)CC)C2=O)cc1OC. The van der Waals surface area contributed by atoms with Crippen LogP contribution in [0.5, 0.6) is 11.5 Å². The number of methoxy groups -OCH3 is 1. The lowest BCUT2D eigenvalue weighted by molar-refractivity contribution is -0.124. The summed E-state index contributed by atoms with van der Waals surface area (Å²) in [5, 5.41) is -0.214. The molecule has 0 aromatic heterocycles. The van der Waals surface area contributed by atoms with E-state index in [-0.39, 0.29) is 17.2 Å². The fourth-order valence-corrected chi connectivity index (χ4v) is 3.17. The van der Waals surface area contributed by atoms with Crippen molar-refractivity contribution >= 4 is 29.0 Å². The largest absolute Gasteiger partial charge is 0.493 e. The number of carbonyl (C=O) groups is 2. The van der Waals surface area contributed by atoms with Crippen molar-refractivity contribution in [1.82, 2.24) is 4.90 Å². The third kappa shape index (κ3) is 3.69. The number of benzene rings is 1. The highest BCUT2D eigenvalue weighted by molar-refractivity contribution is 8.18. The molecule has 0 spiro atoms. The van der Waals surface area contributed by atoms with Crippen molar-refractivity contribution in [2.24, 2.45) is 0 Å². The highest BCUT2D eigenvalue weighted by atomic mass is 32.2. The van der Waals surface area contributed by atoms with Gasteiger partial charge in [0.15, 0.2) is 11.5 Å². The highest BCUT2D eigenvalue weighted by Gasteiger charge is 2.37. The number of rotatable bonds is 6. The minimum absolute atomic E-state index is 0.0942. The first-order chi connectivity index (χ1) is 11.0. The molecule has 1 saturated heterocycles. The fraction of sp³-hybridized carbons (Fsp3) is 0.412. The Balaban J connectivity index is 2.28. The molecule has 2 rings (SSSR count). The maximum absolute atomic E-state index is 12.4. The van der Waals surface area contributed by atoms with Crippen LogP contribution in [0.25, 0.3) is 6.08 Å². The molecule has 124 valence electrons. The molecule has 1 aliphatic rings. The predicted octanol–water partition coefficient (Wildman–Crippen LogP) is 3.93. The molecule has 23 heavy (non-hydrogen) atoms. The zero-order valence-corrected chi connectivity index (χ0v) is 14.6. The molecule has 0 radical (unpaired) electrons. The molecule has 0 saturated carbocycles. The van der Waals surface area contributed by atoms with Gasteiger partial charge in [-0.25, -0.2) is 0 Å². The maximum Gasteiger partial charge on any atom is 0.293 e. The number of amides is 2. The summed E-state index contributed by atoms with van der Waals surface area (Å²) in [6.07, 6.45) is 2.45. The second-order valence-electron chi connectivity index (χ2n) is 5.15. The Labute approximate surface area is 140 Å². The number of nitrogens with zero attached hydrogens (tertiary/aromatic N) is 1. The molecule has 1 aromatic rings. The summed E-state index contributed by atoms with van der Waals surface area (Å²) in [5.74, 6) is 1.02. The first-order valence-corrected chi connectivity index (χ1v) is 8.41. The van der Waals surface area contributed by atoms with E-state index in [1.807, 2.05) is 26.8 Å². The monoisotopic (exact) mass is 335 g/mol. The molecule has 2 amide bonds. The Morgan fingerprint density at radius 1 is 1.26 bits per heavy atom. The molecule has 1 fully saturated rings. The Bertz CT molecular complexity index is 641. The lowest BCUT2D eigenvalue weighted by Gasteiger charge is -2.19. The number of hydrogen-bond acceptors (Lipinski definition) is 5. The first-order valence-electron chi connectivity index (χ1n) is 7.59. The van der Waals surface area contributed by atoms with Crippen LogP contribution in [0.3, 0.4) is 0 Å². The molecule has 0 N–H and O–H groups in total. The Morgan fingerprint density at radius 3 is 2.61 bits per heavy atom. The highest BCUT2D eigenvalue weighted by Crippen LogP contribution is 2.35. The fourth-order valence-electron chi connectivity index (χ4n) is 2.24. The molecular formula is C17H21NO4S. The van der Waals surface area contributed by atoms with Gasteiger partial charge in [-0.05, 0) is 55.8 Å². The van der Waals surface area contributed by atoms with Crippen LogP contribution in [-0.2, 0) is 4.79 Å². The van der Waals surface area contributed by atoms with E-state index in [0.29, 0.717) is 23.0 Å². The van der Waals surface area contributed by atoms with E-state index in [4.69, 9.17) is 9.47 Å². The second-order valence-corrected chi connectivity index (χ2v) is 6.15. The minimum Gasteiger partial charge on any atom is -0.493 e. The van der Waals surface area contributed by atoms with Crippen LogP contribution in [-0.4, -0.2) is 35.8 Å². The van der Waals surface area contributed by atoms with Gasteiger partial charge in [0.2, 0.25) is 0 Å². The summed E-state index contributed by atoms with van der Waals surface area (Å²) in [4.78, 5) is 26.2. The van der Waals surface area contributed by atoms with Crippen LogP contribution in [0.1, 0.15) is 32.8 Å². The molecule has 1 aliphatic heterocycles. The summed E-state index contributed by atoms with van der Waals surface area (Å²) in [6, 6.07) is 5.34. The van der Waals surface area contributed by atoms with Crippen LogP contribution in [0.2, 0.25) is 0 Å². The summed E-state index contributed by atoms with van der Waals surface area (Å²) >= 11 is 0.975. The normalized spacial score (nSPS) is 17.7. The molecule has 5 nitrogen and oxygen atoms in total. The average molecular weight is 335 g/mol. The lowest BCUT2D eigenvalue weighted by Crippen LogP contribution is -2.36. The van der Waals surface area contributed by atoms with Crippen molar-refractivity contribution < 1.29 is 19.1 Å². The lowest BCUT2D eigenvalue weighted by atomic mass is 10.1. The van der Waals surface area contributed by atoms with Gasteiger partial charge in [-0.1, -0.05) is 13.0 Å². The number of thioether (sulfide) groups is 1. The quantitative estimate of drug-likeness (QED) is 0.737. The van der Waals surface area contributed by atoms with E-state index >= 15 is 0 Å². The van der Waals surface area contributed by atoms with Crippen molar-refractivity contribution in [3.8, 4) is 11.5 Å². The number of hydrogen-bond donors (Lipinski definition) is 0. The standard InChI is InChI=1S/C17H21NO4S/c1-5-11(3)18-16(19)15(23-17(18)20)10-12-7-8-13(22-6-2)14(9-12)21-4/h7-11H,5-6H2,1-4H3/b15-10+/t11-/m0/s1. The van der Waals surface area contributed by atoms with Gasteiger partial charge in [-0.3, -0.25) is 14.5 Å². The van der Waals surface area contributed by atoms with E-state index in [9.17, 15) is 9.59 Å². The molecule has 0 aliphatic carbocycles. The third-order valence-corrected chi connectivity index (χ3v) is 4.52. The number of imide groups is 1. The van der Waals surface area contributed by atoms with Crippen molar-refractivity contribution in [2.75, 3.05) is 13.7 Å². The second kappa shape index (κ2) is 7.55. The van der Waals surface area contributed by atoms with Crippen LogP contribution >= 0.6 is 11.8 Å². The van der Waals surface area contributed by atoms with Crippen LogP contribution in [0.4, 0.5) is 4.79 Å². The smallest absolute Gasteiger partial charge is 0.293 e. The Morgan fingerprint density at radius 2 is 2.00 bits per heavy atom. The van der Waals surface area contributed by atoms with E-state index in [1.165, 1.54) is 4.90 Å². The van der Waals surface area contributed by atoms with E-state index < -0.39 is 0 Å². The van der Waals surface area contributed by atoms with E-state index in [0.717, 1.165) is 23.7 Å². The zero-order chi connectivity index (χ0) is 17.0. The molecule has 1 atom stereocenters. The van der Waals surface area contributed by atoms with Gasteiger partial charge in [0.05, 0.1) is 18.6 Å². The number of carbonyl (C=O) groups excluding carboxylic acids is 2. The van der Waals surface area contributed by atoms with Crippen molar-refractivity contribution in [3.63, 3.8) is 0 Å². The van der Waals surface area contributed by atoms with E-state index in [2.05, 4.69) is 0 Å². The van der Waals surface area contributed by atoms with Gasteiger partial charge >= 0.3 is 0 Å². The molecule has 1 heterocycles. The Kier molecular flexibility index (Phi) is 5.71. The molecule has 0 unspecified atom stereocenters. The van der Waals surface area contributed by atoms with E-state index in [1.54, 1.807) is 25.3 Å². The van der Waals surface area contributed by atoms with Crippen LogP contribution in [0.15, 0.2) is 23.1 Å². The summed E-state index contributed by atoms with van der Waals surface area (Å²) < 4.78 is 10.8. The summed E-state index contributed by atoms with van der Waals surface area (Å²) in [7, 11) is 1.57. The van der Waals surface area contributed by atoms with Gasteiger partial charge in [0.25, 0.3) is 11.1 Å². The van der Waals surface area contributed by atoms with Crippen molar-refractivity contribution in [3.05, 3.63) is 28.7 Å². The van der Waals surface area contributed by atoms with Gasteiger partial charge in [-0.2, -0.15) is 0 Å². The Hall–Kier alpha value is -1.95.